The molecule has 5 aromatic rings. The highest BCUT2D eigenvalue weighted by Crippen LogP contribution is 2.39. The van der Waals surface area contributed by atoms with E-state index in [1.165, 1.54) is 0 Å². The molecule has 0 bridgehead atoms. The van der Waals surface area contributed by atoms with Gasteiger partial charge in [0.05, 0.1) is 35.2 Å². The maximum Gasteiger partial charge on any atom is 0.343 e. The molecule has 8 heteroatoms. The maximum atomic E-state index is 13.6. The lowest BCUT2D eigenvalue weighted by molar-refractivity contribution is -0.172. The smallest absolute Gasteiger partial charge is 0.343 e. The fourth-order valence-electron chi connectivity index (χ4n) is 5.83. The van der Waals surface area contributed by atoms with Gasteiger partial charge in [0.1, 0.15) is 13.2 Å². The van der Waals surface area contributed by atoms with E-state index >= 15 is 0 Å². The topological polar surface area (TPSA) is 103 Å². The van der Waals surface area contributed by atoms with Gasteiger partial charge in [-0.15, -0.1) is 0 Å². The van der Waals surface area contributed by atoms with Gasteiger partial charge in [-0.3, -0.25) is 4.79 Å². The molecule has 2 aliphatic heterocycles. The second-order valence-corrected chi connectivity index (χ2v) is 10.5. The lowest BCUT2D eigenvalue weighted by Crippen LogP contribution is -2.44. The molecule has 8 nitrogen and oxygen atoms in total. The van der Waals surface area contributed by atoms with Crippen molar-refractivity contribution < 1.29 is 19.5 Å². The van der Waals surface area contributed by atoms with E-state index in [9.17, 15) is 14.7 Å². The second kappa shape index (κ2) is 10.1. The minimum absolute atomic E-state index is 0.0873. The van der Waals surface area contributed by atoms with Gasteiger partial charge in [-0.05, 0) is 35.2 Å². The molecule has 0 saturated heterocycles. The zero-order valence-electron chi connectivity index (χ0n) is 22.9. The van der Waals surface area contributed by atoms with Gasteiger partial charge in [-0.25, -0.2) is 9.78 Å². The van der Waals surface area contributed by atoms with Crippen LogP contribution in [0.3, 0.4) is 0 Å². The third-order valence-corrected chi connectivity index (χ3v) is 8.19. The summed E-state index contributed by atoms with van der Waals surface area (Å²) in [5.41, 5.74) is 5.19. The monoisotopic (exact) mass is 557 g/mol. The summed E-state index contributed by atoms with van der Waals surface area (Å²) in [6, 6.07) is 27.8. The molecule has 0 unspecified atom stereocenters. The number of esters is 1. The van der Waals surface area contributed by atoms with Gasteiger partial charge < -0.3 is 19.2 Å². The van der Waals surface area contributed by atoms with Gasteiger partial charge in [0.25, 0.3) is 5.56 Å². The zero-order chi connectivity index (χ0) is 28.8. The number of hydrogen-bond donors (Lipinski definition) is 1. The van der Waals surface area contributed by atoms with Crippen LogP contribution in [0, 0.1) is 0 Å². The van der Waals surface area contributed by atoms with E-state index in [0.717, 1.165) is 38.7 Å². The summed E-state index contributed by atoms with van der Waals surface area (Å²) < 4.78 is 6.81. The first-order chi connectivity index (χ1) is 20.5. The molecular weight excluding hydrogens is 530 g/mol. The fourth-order valence-corrected chi connectivity index (χ4v) is 5.83. The summed E-state index contributed by atoms with van der Waals surface area (Å²) in [5, 5.41) is 16.3. The van der Waals surface area contributed by atoms with E-state index in [1.54, 1.807) is 23.8 Å². The van der Waals surface area contributed by atoms with Crippen molar-refractivity contribution in [3.63, 3.8) is 0 Å². The van der Waals surface area contributed by atoms with Crippen LogP contribution in [-0.4, -0.2) is 26.8 Å². The number of para-hydroxylation sites is 1. The van der Waals surface area contributed by atoms with Gasteiger partial charge >= 0.3 is 5.97 Å². The number of oxime groups is 1. The Morgan fingerprint density at radius 2 is 1.74 bits per heavy atom. The average Bonchev–Trinajstić information content (AvgIpc) is 3.40. The van der Waals surface area contributed by atoms with Crippen molar-refractivity contribution in [3.8, 4) is 22.5 Å². The van der Waals surface area contributed by atoms with Gasteiger partial charge in [0, 0.05) is 22.1 Å². The molecule has 2 aliphatic rings. The lowest BCUT2D eigenvalue weighted by atomic mass is 9.86. The third kappa shape index (κ3) is 4.11. The first-order valence-corrected chi connectivity index (χ1v) is 13.9. The van der Waals surface area contributed by atoms with E-state index in [2.05, 4.69) is 29.4 Å². The molecule has 0 amide bonds. The minimum atomic E-state index is -1.88. The predicted octanol–water partition coefficient (Wildman–Crippen LogP) is 5.30. The predicted molar refractivity (Wildman–Crippen MR) is 159 cm³/mol. The van der Waals surface area contributed by atoms with Crippen molar-refractivity contribution >= 4 is 23.1 Å². The maximum absolute atomic E-state index is 13.6. The van der Waals surface area contributed by atoms with Gasteiger partial charge in [-0.1, -0.05) is 84.9 Å². The van der Waals surface area contributed by atoms with Crippen LogP contribution in [0.2, 0.25) is 0 Å². The number of pyridine rings is 2. The van der Waals surface area contributed by atoms with E-state index in [-0.39, 0.29) is 36.3 Å². The molecule has 2 aromatic heterocycles. The molecule has 0 aliphatic carbocycles. The Hall–Kier alpha value is -5.08. The van der Waals surface area contributed by atoms with Gasteiger partial charge in [-0.2, -0.15) is 0 Å². The average molecular weight is 558 g/mol. The van der Waals surface area contributed by atoms with E-state index < -0.39 is 11.6 Å². The van der Waals surface area contributed by atoms with Crippen molar-refractivity contribution in [1.29, 1.82) is 0 Å². The van der Waals surface area contributed by atoms with Crippen LogP contribution < -0.4 is 5.56 Å². The highest BCUT2D eigenvalue weighted by molar-refractivity contribution is 6.02. The van der Waals surface area contributed by atoms with Crippen molar-refractivity contribution in [2.24, 2.45) is 5.16 Å². The first-order valence-electron chi connectivity index (χ1n) is 13.9. The molecule has 3 aromatic carbocycles. The minimum Gasteiger partial charge on any atom is -0.458 e. The molecule has 4 heterocycles. The number of cyclic esters (lactones) is 1. The Kier molecular flexibility index (Phi) is 6.21. The Morgan fingerprint density at radius 1 is 1.00 bits per heavy atom. The Labute approximate surface area is 241 Å². The van der Waals surface area contributed by atoms with Crippen molar-refractivity contribution in [2.75, 3.05) is 0 Å². The van der Waals surface area contributed by atoms with Gasteiger partial charge in [0.15, 0.2) is 5.60 Å². The molecule has 208 valence electrons. The highest BCUT2D eigenvalue weighted by atomic mass is 16.6. The van der Waals surface area contributed by atoms with E-state index in [1.807, 2.05) is 54.6 Å². The van der Waals surface area contributed by atoms with Crippen LogP contribution in [0.4, 0.5) is 0 Å². The molecule has 1 atom stereocenters. The summed E-state index contributed by atoms with van der Waals surface area (Å²) in [4.78, 5) is 36.7. The summed E-state index contributed by atoms with van der Waals surface area (Å²) in [5.74, 6) is -0.744. The van der Waals surface area contributed by atoms with E-state index in [4.69, 9.17) is 14.6 Å². The molecule has 0 saturated carbocycles. The van der Waals surface area contributed by atoms with Crippen LogP contribution in [0.15, 0.2) is 94.9 Å². The fraction of sp³-hybridized carbons (Fsp3) is 0.176. The molecule has 0 radical (unpaired) electrons. The Bertz CT molecular complexity index is 1950. The number of rotatable bonds is 6. The summed E-state index contributed by atoms with van der Waals surface area (Å²) in [6.07, 6.45) is 1.76. The molecule has 0 fully saturated rings. The van der Waals surface area contributed by atoms with Crippen LogP contribution in [0.1, 0.15) is 41.2 Å². The number of carbonyl (C=O) groups excluding carboxylic acids is 1. The second-order valence-electron chi connectivity index (χ2n) is 10.5. The van der Waals surface area contributed by atoms with Crippen LogP contribution in [-0.2, 0) is 39.7 Å². The van der Waals surface area contributed by atoms with Crippen molar-refractivity contribution in [3.05, 3.63) is 123 Å². The van der Waals surface area contributed by atoms with Gasteiger partial charge in [0.2, 0.25) is 0 Å². The number of hydrogen-bond acceptors (Lipinski definition) is 7. The molecule has 0 spiro atoms. The first kappa shape index (κ1) is 25.9. The molecule has 42 heavy (non-hydrogen) atoms. The Morgan fingerprint density at radius 3 is 2.52 bits per heavy atom. The SMILES string of the molecule is CC[C@@]1(O)C(=O)OCc2c1cc1n(c2=O)Cc2c-1nc1ccccc1c2/C=N/OCc1ccc(-c2ccccc2)cc1. The largest absolute Gasteiger partial charge is 0.458 e. The molecular formula is C34H27N3O5. The summed E-state index contributed by atoms with van der Waals surface area (Å²) in [6.45, 7) is 2.09. The van der Waals surface area contributed by atoms with E-state index in [0.29, 0.717) is 18.0 Å². The number of ether oxygens (including phenoxy) is 1. The summed E-state index contributed by atoms with van der Waals surface area (Å²) in [7, 11) is 0. The molecule has 1 N–H and O–H groups in total. The number of fused-ring (bicyclic) bond motifs is 5. The van der Waals surface area contributed by atoms with Crippen LogP contribution >= 0.6 is 0 Å². The number of carbonyl (C=O) groups is 1. The Balaban J connectivity index is 1.22. The van der Waals surface area contributed by atoms with Crippen LogP contribution in [0.25, 0.3) is 33.4 Å². The number of benzene rings is 3. The quantitative estimate of drug-likeness (QED) is 0.169. The normalized spacial score (nSPS) is 17.1. The third-order valence-electron chi connectivity index (χ3n) is 8.19. The molecule has 7 rings (SSSR count). The number of nitrogens with zero attached hydrogens (tertiary/aromatic N) is 3. The highest BCUT2D eigenvalue weighted by Gasteiger charge is 2.45. The number of aromatic nitrogens is 2. The standard InChI is InChI=1S/C34H27N3O5/c1-2-34(40)28-16-30-31-26(18-37(30)32(38)27(28)20-41-33(34)39)25(24-10-6-7-11-29(24)36-31)17-35-42-19-21-12-14-23(15-13-21)22-8-4-3-5-9-22/h3-17,40H,2,18-20H2,1H3/b35-17+/t34-/m0/s1. The number of aliphatic hydroxyl groups is 1. The van der Waals surface area contributed by atoms with Crippen LogP contribution in [0.5, 0.6) is 0 Å². The lowest BCUT2D eigenvalue weighted by Gasteiger charge is -2.31. The van der Waals surface area contributed by atoms with Crippen molar-refractivity contribution in [2.45, 2.75) is 38.7 Å². The zero-order valence-corrected chi connectivity index (χ0v) is 22.9. The van der Waals surface area contributed by atoms with Crippen molar-refractivity contribution in [1.82, 2.24) is 9.55 Å². The summed E-state index contributed by atoms with van der Waals surface area (Å²) >= 11 is 0.